The Labute approximate surface area is 58.6 Å². The van der Waals surface area contributed by atoms with Crippen LogP contribution in [0.3, 0.4) is 0 Å². The molecule has 2 rings (SSSR count). The van der Waals surface area contributed by atoms with Crippen molar-refractivity contribution < 1.29 is 4.39 Å². The monoisotopic (exact) mass is 137 g/mol. The molecule has 0 aliphatic heterocycles. The van der Waals surface area contributed by atoms with Gasteiger partial charge >= 0.3 is 0 Å². The fourth-order valence-electron chi connectivity index (χ4n) is 1.26. The molecular formula is C8H8FN. The number of aromatic nitrogens is 1. The summed E-state index contributed by atoms with van der Waals surface area (Å²) in [6, 6.07) is 1.93. The largest absolute Gasteiger partial charge is 0.364 e. The molecule has 52 valence electrons. The van der Waals surface area contributed by atoms with E-state index in [2.05, 4.69) is 4.98 Å². The van der Waals surface area contributed by atoms with E-state index in [-0.39, 0.29) is 5.83 Å². The standard InChI is InChI=1S/C8H8FN/c9-7-1-2-8-6(5-7)3-4-10-8/h1,3-4,10H,2,5H2. The summed E-state index contributed by atoms with van der Waals surface area (Å²) < 4.78 is 12.6. The molecule has 0 amide bonds. The molecule has 1 aromatic rings. The Morgan fingerprint density at radius 3 is 3.30 bits per heavy atom. The Kier molecular flexibility index (Phi) is 1.13. The maximum atomic E-state index is 12.6. The summed E-state index contributed by atoms with van der Waals surface area (Å²) in [5.41, 5.74) is 2.25. The molecule has 1 nitrogen and oxygen atoms in total. The van der Waals surface area contributed by atoms with Crippen molar-refractivity contribution in [3.63, 3.8) is 0 Å². The Morgan fingerprint density at radius 1 is 1.50 bits per heavy atom. The second kappa shape index (κ2) is 1.97. The van der Waals surface area contributed by atoms with E-state index in [0.717, 1.165) is 11.3 Å². The first kappa shape index (κ1) is 5.71. The van der Waals surface area contributed by atoms with Crippen molar-refractivity contribution in [2.45, 2.75) is 12.8 Å². The molecule has 2 heteroatoms. The number of aromatic amines is 1. The fourth-order valence-corrected chi connectivity index (χ4v) is 1.26. The lowest BCUT2D eigenvalue weighted by molar-refractivity contribution is 0.599. The Balaban J connectivity index is 2.39. The zero-order valence-corrected chi connectivity index (χ0v) is 5.52. The molecule has 0 aromatic carbocycles. The smallest absolute Gasteiger partial charge is 0.101 e. The van der Waals surface area contributed by atoms with Gasteiger partial charge in [0.1, 0.15) is 5.83 Å². The van der Waals surface area contributed by atoms with Gasteiger partial charge in [0.25, 0.3) is 0 Å². The molecule has 10 heavy (non-hydrogen) atoms. The number of halogens is 1. The molecule has 1 aromatic heterocycles. The predicted molar refractivity (Wildman–Crippen MR) is 37.4 cm³/mol. The number of rotatable bonds is 0. The summed E-state index contributed by atoms with van der Waals surface area (Å²) in [6.07, 6.45) is 4.67. The molecule has 1 N–H and O–H groups in total. The minimum atomic E-state index is -0.00731. The zero-order valence-electron chi connectivity index (χ0n) is 5.52. The van der Waals surface area contributed by atoms with Crippen LogP contribution < -0.4 is 0 Å². The second-order valence-corrected chi connectivity index (χ2v) is 2.51. The number of hydrogen-bond donors (Lipinski definition) is 1. The van der Waals surface area contributed by atoms with Gasteiger partial charge in [0, 0.05) is 24.7 Å². The molecule has 0 bridgehead atoms. The van der Waals surface area contributed by atoms with Crippen molar-refractivity contribution in [3.05, 3.63) is 35.4 Å². The first-order valence-electron chi connectivity index (χ1n) is 3.36. The average Bonchev–Trinajstić information content (AvgIpc) is 2.33. The summed E-state index contributed by atoms with van der Waals surface area (Å²) in [7, 11) is 0. The topological polar surface area (TPSA) is 15.8 Å². The number of nitrogens with one attached hydrogen (secondary N) is 1. The molecule has 0 fully saturated rings. The number of H-pyrrole nitrogens is 1. The highest BCUT2D eigenvalue weighted by molar-refractivity contribution is 5.30. The van der Waals surface area contributed by atoms with Gasteiger partial charge in [0.2, 0.25) is 0 Å². The summed E-state index contributed by atoms with van der Waals surface area (Å²) in [5.74, 6) is -0.00731. The Morgan fingerprint density at radius 2 is 2.40 bits per heavy atom. The SMILES string of the molecule is FC1=CCc2[nH]ccc2C1. The molecule has 0 radical (unpaired) electrons. The second-order valence-electron chi connectivity index (χ2n) is 2.51. The van der Waals surface area contributed by atoms with E-state index in [4.69, 9.17) is 0 Å². The molecule has 0 unspecified atom stereocenters. The quantitative estimate of drug-likeness (QED) is 0.562. The van der Waals surface area contributed by atoms with Gasteiger partial charge in [-0.1, -0.05) is 0 Å². The van der Waals surface area contributed by atoms with Crippen LogP contribution in [0.2, 0.25) is 0 Å². The number of fused-ring (bicyclic) bond motifs is 1. The summed E-state index contributed by atoms with van der Waals surface area (Å²) in [6.45, 7) is 0. The maximum Gasteiger partial charge on any atom is 0.101 e. The number of allylic oxidation sites excluding steroid dienone is 2. The van der Waals surface area contributed by atoms with Crippen LogP contribution in [0.4, 0.5) is 4.39 Å². The van der Waals surface area contributed by atoms with Crippen LogP contribution in [0.1, 0.15) is 11.3 Å². The third-order valence-corrected chi connectivity index (χ3v) is 1.82. The van der Waals surface area contributed by atoms with Crippen molar-refractivity contribution in [1.29, 1.82) is 0 Å². The van der Waals surface area contributed by atoms with Gasteiger partial charge in [0.15, 0.2) is 0 Å². The van der Waals surface area contributed by atoms with E-state index < -0.39 is 0 Å². The lowest BCUT2D eigenvalue weighted by Gasteiger charge is -2.05. The maximum absolute atomic E-state index is 12.6. The highest BCUT2D eigenvalue weighted by Crippen LogP contribution is 2.19. The highest BCUT2D eigenvalue weighted by Gasteiger charge is 2.09. The van der Waals surface area contributed by atoms with Crippen molar-refractivity contribution in [1.82, 2.24) is 4.98 Å². The first-order chi connectivity index (χ1) is 4.86. The highest BCUT2D eigenvalue weighted by atomic mass is 19.1. The molecular weight excluding hydrogens is 129 g/mol. The molecule has 1 heterocycles. The predicted octanol–water partition coefficient (Wildman–Crippen LogP) is 1.97. The number of hydrogen-bond acceptors (Lipinski definition) is 0. The average molecular weight is 137 g/mol. The molecule has 0 spiro atoms. The molecule has 0 saturated heterocycles. The van der Waals surface area contributed by atoms with Crippen LogP contribution in [-0.4, -0.2) is 4.98 Å². The van der Waals surface area contributed by atoms with Crippen molar-refractivity contribution in [3.8, 4) is 0 Å². The summed E-state index contributed by atoms with van der Waals surface area (Å²) in [5, 5.41) is 0. The van der Waals surface area contributed by atoms with Crippen LogP contribution in [0.25, 0.3) is 0 Å². The van der Waals surface area contributed by atoms with Gasteiger partial charge in [-0.25, -0.2) is 4.39 Å². The van der Waals surface area contributed by atoms with Crippen molar-refractivity contribution >= 4 is 0 Å². The van der Waals surface area contributed by atoms with Gasteiger partial charge in [-0.05, 0) is 17.7 Å². The van der Waals surface area contributed by atoms with Gasteiger partial charge in [-0.2, -0.15) is 0 Å². The minimum Gasteiger partial charge on any atom is -0.364 e. The first-order valence-corrected chi connectivity index (χ1v) is 3.36. The van der Waals surface area contributed by atoms with Gasteiger partial charge < -0.3 is 4.98 Å². The van der Waals surface area contributed by atoms with Gasteiger partial charge in [-0.3, -0.25) is 0 Å². The third-order valence-electron chi connectivity index (χ3n) is 1.82. The van der Waals surface area contributed by atoms with E-state index >= 15 is 0 Å². The molecule has 1 aliphatic carbocycles. The Bertz CT molecular complexity index is 273. The van der Waals surface area contributed by atoms with E-state index in [1.807, 2.05) is 12.3 Å². The lowest BCUT2D eigenvalue weighted by Crippen LogP contribution is -1.97. The van der Waals surface area contributed by atoms with Crippen LogP contribution in [0.15, 0.2) is 24.2 Å². The molecule has 1 aliphatic rings. The van der Waals surface area contributed by atoms with E-state index in [0.29, 0.717) is 12.8 Å². The van der Waals surface area contributed by atoms with Crippen LogP contribution in [0.5, 0.6) is 0 Å². The van der Waals surface area contributed by atoms with Crippen LogP contribution in [0, 0.1) is 0 Å². The van der Waals surface area contributed by atoms with Gasteiger partial charge in [-0.15, -0.1) is 0 Å². The zero-order chi connectivity index (χ0) is 6.97. The third kappa shape index (κ3) is 0.764. The fraction of sp³-hybridized carbons (Fsp3) is 0.250. The van der Waals surface area contributed by atoms with E-state index in [9.17, 15) is 4.39 Å². The molecule has 0 atom stereocenters. The van der Waals surface area contributed by atoms with Gasteiger partial charge in [0.05, 0.1) is 0 Å². The summed E-state index contributed by atoms with van der Waals surface area (Å²) in [4.78, 5) is 3.07. The van der Waals surface area contributed by atoms with Crippen molar-refractivity contribution in [2.24, 2.45) is 0 Å². The normalized spacial score (nSPS) is 16.3. The Hall–Kier alpha value is -1.05. The van der Waals surface area contributed by atoms with Crippen LogP contribution in [-0.2, 0) is 12.8 Å². The summed E-state index contributed by atoms with van der Waals surface area (Å²) >= 11 is 0. The van der Waals surface area contributed by atoms with E-state index in [1.54, 1.807) is 6.08 Å². The molecule has 0 saturated carbocycles. The van der Waals surface area contributed by atoms with Crippen molar-refractivity contribution in [2.75, 3.05) is 0 Å². The van der Waals surface area contributed by atoms with Crippen LogP contribution >= 0.6 is 0 Å². The lowest BCUT2D eigenvalue weighted by atomic mass is 10.0. The minimum absolute atomic E-state index is 0.00731. The van der Waals surface area contributed by atoms with E-state index in [1.165, 1.54) is 0 Å².